The van der Waals surface area contributed by atoms with Gasteiger partial charge in [0.15, 0.2) is 0 Å². The second-order valence-electron chi connectivity index (χ2n) is 8.12. The van der Waals surface area contributed by atoms with E-state index in [0.717, 1.165) is 36.8 Å². The molecule has 2 aromatic rings. The number of amides is 1. The molecule has 2 aliphatic rings. The van der Waals surface area contributed by atoms with Crippen molar-refractivity contribution in [2.45, 2.75) is 19.8 Å². The molecule has 0 radical (unpaired) electrons. The van der Waals surface area contributed by atoms with Gasteiger partial charge in [-0.25, -0.2) is 9.03 Å². The summed E-state index contributed by atoms with van der Waals surface area (Å²) in [4.78, 5) is 26.8. The van der Waals surface area contributed by atoms with Crippen LogP contribution in [0.15, 0.2) is 23.0 Å². The van der Waals surface area contributed by atoms with Gasteiger partial charge in [0.25, 0.3) is 11.5 Å². The molecular formula is C20H27N5O5S. The van der Waals surface area contributed by atoms with Crippen molar-refractivity contribution in [3.63, 3.8) is 0 Å². The molecule has 2 aliphatic heterocycles. The molecule has 0 bridgehead atoms. The summed E-state index contributed by atoms with van der Waals surface area (Å²) < 4.78 is 28.5. The van der Waals surface area contributed by atoms with E-state index in [4.69, 9.17) is 0 Å². The van der Waals surface area contributed by atoms with Gasteiger partial charge >= 0.3 is 10.2 Å². The zero-order valence-electron chi connectivity index (χ0n) is 17.6. The van der Waals surface area contributed by atoms with Crippen LogP contribution in [0.2, 0.25) is 0 Å². The van der Waals surface area contributed by atoms with Crippen LogP contribution < -0.4 is 19.9 Å². The second-order valence-corrected chi connectivity index (χ2v) is 9.71. The molecule has 31 heavy (non-hydrogen) atoms. The summed E-state index contributed by atoms with van der Waals surface area (Å²) >= 11 is 0. The van der Waals surface area contributed by atoms with Crippen LogP contribution in [0.3, 0.4) is 0 Å². The number of fused-ring (bicyclic) bond motifs is 1. The number of rotatable bonds is 5. The fraction of sp³-hybridized carbons (Fsp3) is 0.500. The third-order valence-corrected chi connectivity index (χ3v) is 7.54. The first-order valence-electron chi connectivity index (χ1n) is 10.4. The standard InChI is InChI=1S/C20H27N5O5S/c1-3-24-6-4-13(5-7-24)11-21-15-8-14-9-17(25-12-19(27)22-31(25,29)30)18(26)10-16(14)23(2)20(15)28/h8-10,13,21,26H,3-7,11-12H2,1-2H3,(H,22,27). The third kappa shape index (κ3) is 4.07. The largest absolute Gasteiger partial charge is 0.506 e. The fourth-order valence-corrected chi connectivity index (χ4v) is 5.40. The van der Waals surface area contributed by atoms with Crippen molar-refractivity contribution < 1.29 is 18.3 Å². The Balaban J connectivity index is 1.64. The summed E-state index contributed by atoms with van der Waals surface area (Å²) in [6.45, 7) is 5.59. The number of piperidine rings is 1. The van der Waals surface area contributed by atoms with Gasteiger partial charge in [-0.3, -0.25) is 9.59 Å². The smallest absolute Gasteiger partial charge is 0.326 e. The number of carbonyl (C=O) groups excluding carboxylic acids is 1. The summed E-state index contributed by atoms with van der Waals surface area (Å²) in [5.74, 6) is -0.521. The molecule has 1 aromatic carbocycles. The normalized spacial score (nSPS) is 19.7. The first-order chi connectivity index (χ1) is 14.7. The van der Waals surface area contributed by atoms with Gasteiger partial charge in [-0.15, -0.1) is 0 Å². The van der Waals surface area contributed by atoms with Gasteiger partial charge in [0, 0.05) is 25.0 Å². The highest BCUT2D eigenvalue weighted by atomic mass is 32.2. The number of phenolic OH excluding ortho intramolecular Hbond substituents is 1. The number of nitrogens with zero attached hydrogens (tertiary/aromatic N) is 3. The molecule has 2 saturated heterocycles. The summed E-state index contributed by atoms with van der Waals surface area (Å²) in [5.41, 5.74) is 0.644. The molecule has 168 valence electrons. The Bertz CT molecular complexity index is 1180. The van der Waals surface area contributed by atoms with Gasteiger partial charge in [-0.2, -0.15) is 8.42 Å². The maximum Gasteiger partial charge on any atom is 0.326 e. The van der Waals surface area contributed by atoms with Crippen molar-refractivity contribution in [3.8, 4) is 5.75 Å². The number of hydrogen-bond acceptors (Lipinski definition) is 7. The van der Waals surface area contributed by atoms with Crippen LogP contribution in [0.5, 0.6) is 5.75 Å². The predicted octanol–water partition coefficient (Wildman–Crippen LogP) is 0.569. The summed E-state index contributed by atoms with van der Waals surface area (Å²) in [6, 6.07) is 4.49. The molecule has 1 amide bonds. The van der Waals surface area contributed by atoms with E-state index in [1.165, 1.54) is 16.7 Å². The van der Waals surface area contributed by atoms with Gasteiger partial charge < -0.3 is 19.9 Å². The highest BCUT2D eigenvalue weighted by Gasteiger charge is 2.35. The number of aromatic hydroxyl groups is 1. The number of anilines is 2. The molecule has 0 unspecified atom stereocenters. The zero-order chi connectivity index (χ0) is 22.3. The maximum absolute atomic E-state index is 12.8. The Morgan fingerprint density at radius 1 is 1.19 bits per heavy atom. The number of pyridine rings is 1. The van der Waals surface area contributed by atoms with Gasteiger partial charge in [-0.1, -0.05) is 6.92 Å². The minimum atomic E-state index is -4.05. The van der Waals surface area contributed by atoms with E-state index < -0.39 is 22.7 Å². The lowest BCUT2D eigenvalue weighted by atomic mass is 9.97. The van der Waals surface area contributed by atoms with Gasteiger partial charge in [0.1, 0.15) is 18.0 Å². The number of benzene rings is 1. The number of aryl methyl sites for hydroxylation is 1. The van der Waals surface area contributed by atoms with Crippen molar-refractivity contribution >= 4 is 38.4 Å². The van der Waals surface area contributed by atoms with Crippen LogP contribution in [0.25, 0.3) is 10.9 Å². The lowest BCUT2D eigenvalue weighted by Gasteiger charge is -2.31. The Kier molecular flexibility index (Phi) is 5.56. The molecule has 0 aliphatic carbocycles. The SMILES string of the molecule is CCN1CCC(CNc2cc3cc(N4CC(=O)NS4(=O)=O)c(O)cc3n(C)c2=O)CC1. The van der Waals surface area contributed by atoms with Crippen molar-refractivity contribution in [1.29, 1.82) is 0 Å². The molecule has 3 N–H and O–H groups in total. The fourth-order valence-electron chi connectivity index (χ4n) is 4.24. The summed E-state index contributed by atoms with van der Waals surface area (Å²) in [5, 5.41) is 14.2. The van der Waals surface area contributed by atoms with Gasteiger partial charge in [0.2, 0.25) is 0 Å². The van der Waals surface area contributed by atoms with Crippen molar-refractivity contribution in [3.05, 3.63) is 28.6 Å². The molecule has 4 rings (SSSR count). The van der Waals surface area contributed by atoms with Gasteiger partial charge in [-0.05, 0) is 50.5 Å². The minimum absolute atomic E-state index is 0.0117. The van der Waals surface area contributed by atoms with Gasteiger partial charge in [0.05, 0.1) is 11.2 Å². The Morgan fingerprint density at radius 2 is 1.90 bits per heavy atom. The molecule has 0 spiro atoms. The van der Waals surface area contributed by atoms with E-state index in [2.05, 4.69) is 17.1 Å². The van der Waals surface area contributed by atoms with E-state index in [0.29, 0.717) is 29.1 Å². The predicted molar refractivity (Wildman–Crippen MR) is 119 cm³/mol. The van der Waals surface area contributed by atoms with E-state index in [-0.39, 0.29) is 17.0 Å². The van der Waals surface area contributed by atoms with Crippen LogP contribution in [-0.2, 0) is 22.1 Å². The lowest BCUT2D eigenvalue weighted by molar-refractivity contribution is -0.117. The number of aromatic nitrogens is 1. The zero-order valence-corrected chi connectivity index (χ0v) is 18.4. The van der Waals surface area contributed by atoms with Crippen LogP contribution in [0.1, 0.15) is 19.8 Å². The van der Waals surface area contributed by atoms with Crippen LogP contribution in [0.4, 0.5) is 11.4 Å². The summed E-state index contributed by atoms with van der Waals surface area (Å²) in [6.07, 6.45) is 2.14. The molecule has 0 saturated carbocycles. The number of nitrogens with one attached hydrogen (secondary N) is 2. The molecule has 10 nitrogen and oxygen atoms in total. The Morgan fingerprint density at radius 3 is 2.52 bits per heavy atom. The average molecular weight is 450 g/mol. The second kappa shape index (κ2) is 8.04. The number of hydrogen-bond donors (Lipinski definition) is 3. The molecular weight excluding hydrogens is 422 g/mol. The molecule has 0 atom stereocenters. The van der Waals surface area contributed by atoms with Crippen molar-refractivity contribution in [2.24, 2.45) is 13.0 Å². The molecule has 3 heterocycles. The van der Waals surface area contributed by atoms with E-state index in [1.807, 2.05) is 4.72 Å². The van der Waals surface area contributed by atoms with E-state index in [1.54, 1.807) is 13.1 Å². The Hall–Kier alpha value is -2.79. The molecule has 1 aromatic heterocycles. The highest BCUT2D eigenvalue weighted by Crippen LogP contribution is 2.34. The topological polar surface area (TPSA) is 124 Å². The summed E-state index contributed by atoms with van der Waals surface area (Å²) in [7, 11) is -2.45. The monoisotopic (exact) mass is 449 g/mol. The van der Waals surface area contributed by atoms with Crippen LogP contribution in [0, 0.1) is 5.92 Å². The highest BCUT2D eigenvalue weighted by molar-refractivity contribution is 7.92. The Labute approximate surface area is 180 Å². The number of phenols is 1. The maximum atomic E-state index is 12.8. The first kappa shape index (κ1) is 21.4. The minimum Gasteiger partial charge on any atom is -0.506 e. The average Bonchev–Trinajstić information content (AvgIpc) is 3.02. The third-order valence-electron chi connectivity index (χ3n) is 6.14. The van der Waals surface area contributed by atoms with E-state index in [9.17, 15) is 23.1 Å². The van der Waals surface area contributed by atoms with E-state index >= 15 is 0 Å². The number of carbonyl (C=O) groups is 1. The van der Waals surface area contributed by atoms with Crippen LogP contribution >= 0.6 is 0 Å². The first-order valence-corrected chi connectivity index (χ1v) is 11.8. The molecule has 2 fully saturated rings. The lowest BCUT2D eigenvalue weighted by Crippen LogP contribution is -2.36. The molecule has 11 heteroatoms. The van der Waals surface area contributed by atoms with Crippen molar-refractivity contribution in [2.75, 3.05) is 42.3 Å². The van der Waals surface area contributed by atoms with Crippen LogP contribution in [-0.4, -0.2) is 61.6 Å². The number of likely N-dealkylation sites (tertiary alicyclic amines) is 1. The van der Waals surface area contributed by atoms with Crippen molar-refractivity contribution in [1.82, 2.24) is 14.2 Å². The quantitative estimate of drug-likeness (QED) is 0.610.